The Balaban J connectivity index is 1.64. The van der Waals surface area contributed by atoms with E-state index in [1.54, 1.807) is 0 Å². The molecule has 0 amide bonds. The van der Waals surface area contributed by atoms with Crippen LogP contribution in [0.1, 0.15) is 52.7 Å². The molecule has 3 aromatic rings. The summed E-state index contributed by atoms with van der Waals surface area (Å²) < 4.78 is 18.5. The Hall–Kier alpha value is -2.82. The van der Waals surface area contributed by atoms with Crippen LogP contribution in [0.2, 0.25) is 0 Å². The van der Waals surface area contributed by atoms with Crippen LogP contribution in [0.3, 0.4) is 0 Å². The standard InChI is InChI=1S/C26H30N2O3/c1-25(2,3)19-13-29-23(27-19)17-11-7-9-15-16-10-8-12-18(22(16)31-21(15)17)24-28-20(14-30-24)26(4,5)6/h7-12,19-20H,13-14H2,1-6H3/t19-,20-/m0/s1. The van der Waals surface area contributed by atoms with Gasteiger partial charge in [0, 0.05) is 10.8 Å². The molecule has 2 aliphatic rings. The van der Waals surface area contributed by atoms with Crippen LogP contribution in [0.25, 0.3) is 21.9 Å². The van der Waals surface area contributed by atoms with E-state index < -0.39 is 0 Å². The first kappa shape index (κ1) is 20.1. The number of furan rings is 1. The van der Waals surface area contributed by atoms with E-state index in [4.69, 9.17) is 23.9 Å². The number of rotatable bonds is 2. The van der Waals surface area contributed by atoms with Gasteiger partial charge in [-0.05, 0) is 23.0 Å². The zero-order chi connectivity index (χ0) is 22.0. The second-order valence-electron chi connectivity index (χ2n) is 10.7. The lowest BCUT2D eigenvalue weighted by Gasteiger charge is -2.21. The van der Waals surface area contributed by atoms with Crippen molar-refractivity contribution in [2.45, 2.75) is 53.6 Å². The maximum absolute atomic E-state index is 6.46. The molecule has 2 aliphatic heterocycles. The van der Waals surface area contributed by atoms with E-state index >= 15 is 0 Å². The molecule has 0 N–H and O–H groups in total. The van der Waals surface area contributed by atoms with E-state index in [0.717, 1.165) is 33.1 Å². The molecule has 162 valence electrons. The molecule has 0 spiro atoms. The van der Waals surface area contributed by atoms with Crippen LogP contribution >= 0.6 is 0 Å². The van der Waals surface area contributed by atoms with Crippen molar-refractivity contribution in [3.05, 3.63) is 47.5 Å². The molecule has 0 radical (unpaired) electrons. The first-order chi connectivity index (χ1) is 14.6. The number of nitrogens with zero attached hydrogens (tertiary/aromatic N) is 2. The number of aliphatic imine (C=N–C) groups is 2. The maximum Gasteiger partial charge on any atom is 0.220 e. The van der Waals surface area contributed by atoms with Crippen molar-refractivity contribution >= 4 is 33.7 Å². The summed E-state index contributed by atoms with van der Waals surface area (Å²) in [6.45, 7) is 14.3. The quantitative estimate of drug-likeness (QED) is 0.515. The molecule has 2 atom stereocenters. The topological polar surface area (TPSA) is 56.3 Å². The smallest absolute Gasteiger partial charge is 0.220 e. The molecular formula is C26H30N2O3. The molecule has 0 bridgehead atoms. The summed E-state index contributed by atoms with van der Waals surface area (Å²) in [5, 5.41) is 2.09. The van der Waals surface area contributed by atoms with Gasteiger partial charge in [-0.25, -0.2) is 9.98 Å². The van der Waals surface area contributed by atoms with Crippen LogP contribution in [-0.2, 0) is 9.47 Å². The number of para-hydroxylation sites is 2. The van der Waals surface area contributed by atoms with Gasteiger partial charge in [0.1, 0.15) is 24.4 Å². The fourth-order valence-electron chi connectivity index (χ4n) is 4.09. The van der Waals surface area contributed by atoms with Gasteiger partial charge in [0.05, 0.1) is 23.2 Å². The Labute approximate surface area is 183 Å². The van der Waals surface area contributed by atoms with Crippen LogP contribution in [0.15, 0.2) is 50.8 Å². The van der Waals surface area contributed by atoms with Crippen molar-refractivity contribution < 1.29 is 13.9 Å². The molecule has 0 saturated carbocycles. The Morgan fingerprint density at radius 2 is 1.10 bits per heavy atom. The molecular weight excluding hydrogens is 388 g/mol. The molecule has 5 nitrogen and oxygen atoms in total. The monoisotopic (exact) mass is 418 g/mol. The summed E-state index contributed by atoms with van der Waals surface area (Å²) in [5.41, 5.74) is 3.49. The van der Waals surface area contributed by atoms with Gasteiger partial charge in [-0.2, -0.15) is 0 Å². The summed E-state index contributed by atoms with van der Waals surface area (Å²) in [5.74, 6) is 1.32. The lowest BCUT2D eigenvalue weighted by Crippen LogP contribution is -2.25. The third kappa shape index (κ3) is 3.40. The molecule has 0 unspecified atom stereocenters. The van der Waals surface area contributed by atoms with Gasteiger partial charge >= 0.3 is 0 Å². The average molecular weight is 419 g/mol. The zero-order valence-electron chi connectivity index (χ0n) is 19.2. The highest BCUT2D eigenvalue weighted by Crippen LogP contribution is 2.36. The number of hydrogen-bond acceptors (Lipinski definition) is 5. The van der Waals surface area contributed by atoms with Crippen LogP contribution in [0.4, 0.5) is 0 Å². The van der Waals surface area contributed by atoms with Gasteiger partial charge < -0.3 is 13.9 Å². The van der Waals surface area contributed by atoms with Crippen molar-refractivity contribution in [2.24, 2.45) is 20.8 Å². The Bertz CT molecular complexity index is 1130. The molecule has 0 saturated heterocycles. The van der Waals surface area contributed by atoms with Gasteiger partial charge in [-0.3, -0.25) is 0 Å². The minimum Gasteiger partial charge on any atom is -0.475 e. The molecule has 0 fully saturated rings. The summed E-state index contributed by atoms with van der Waals surface area (Å²) in [6, 6.07) is 12.5. The normalized spacial score (nSPS) is 21.9. The van der Waals surface area contributed by atoms with E-state index in [1.165, 1.54) is 0 Å². The van der Waals surface area contributed by atoms with Crippen LogP contribution in [0, 0.1) is 10.8 Å². The van der Waals surface area contributed by atoms with Crippen molar-refractivity contribution in [1.82, 2.24) is 0 Å². The molecule has 0 aliphatic carbocycles. The van der Waals surface area contributed by atoms with Gasteiger partial charge in [0.15, 0.2) is 0 Å². The molecule has 1 aromatic heterocycles. The lowest BCUT2D eigenvalue weighted by molar-refractivity contribution is 0.235. The maximum atomic E-state index is 6.46. The fraction of sp³-hybridized carbons (Fsp3) is 0.462. The Morgan fingerprint density at radius 1 is 0.677 bits per heavy atom. The highest BCUT2D eigenvalue weighted by atomic mass is 16.5. The summed E-state index contributed by atoms with van der Waals surface area (Å²) in [7, 11) is 0. The second-order valence-corrected chi connectivity index (χ2v) is 10.7. The Kier molecular flexibility index (Phi) is 4.44. The van der Waals surface area contributed by atoms with Gasteiger partial charge in [0.25, 0.3) is 0 Å². The Morgan fingerprint density at radius 3 is 1.45 bits per heavy atom. The molecule has 5 heteroatoms. The van der Waals surface area contributed by atoms with E-state index in [-0.39, 0.29) is 22.9 Å². The fourth-order valence-corrected chi connectivity index (χ4v) is 4.09. The van der Waals surface area contributed by atoms with Crippen molar-refractivity contribution in [3.63, 3.8) is 0 Å². The highest BCUT2D eigenvalue weighted by Gasteiger charge is 2.33. The minimum atomic E-state index is 0.0538. The van der Waals surface area contributed by atoms with Gasteiger partial charge in [-0.15, -0.1) is 0 Å². The molecule has 5 rings (SSSR count). The third-order valence-corrected chi connectivity index (χ3v) is 6.29. The van der Waals surface area contributed by atoms with E-state index in [1.807, 2.05) is 24.3 Å². The number of ether oxygens (including phenoxy) is 2. The first-order valence-corrected chi connectivity index (χ1v) is 11.0. The summed E-state index contributed by atoms with van der Waals surface area (Å²) in [6.07, 6.45) is 0. The minimum absolute atomic E-state index is 0.0538. The van der Waals surface area contributed by atoms with Crippen LogP contribution in [0.5, 0.6) is 0 Å². The SMILES string of the molecule is CC(C)(C)[C@@H]1COC(c2cccc3c2oc2c(C4=N[C@H](C(C)(C)C)CO4)cccc23)=N1. The number of hydrogen-bond donors (Lipinski definition) is 0. The molecule has 3 heterocycles. The van der Waals surface area contributed by atoms with E-state index in [9.17, 15) is 0 Å². The first-order valence-electron chi connectivity index (χ1n) is 11.0. The second kappa shape index (κ2) is 6.84. The number of fused-ring (bicyclic) bond motifs is 3. The van der Waals surface area contributed by atoms with Crippen molar-refractivity contribution in [2.75, 3.05) is 13.2 Å². The lowest BCUT2D eigenvalue weighted by atomic mass is 9.88. The largest absolute Gasteiger partial charge is 0.475 e. The van der Waals surface area contributed by atoms with Crippen LogP contribution in [-0.4, -0.2) is 37.1 Å². The predicted octanol–water partition coefficient (Wildman–Crippen LogP) is 5.97. The average Bonchev–Trinajstić information content (AvgIpc) is 3.43. The van der Waals surface area contributed by atoms with Crippen LogP contribution < -0.4 is 0 Å². The molecule has 31 heavy (non-hydrogen) atoms. The van der Waals surface area contributed by atoms with Crippen molar-refractivity contribution in [3.8, 4) is 0 Å². The highest BCUT2D eigenvalue weighted by molar-refractivity contribution is 6.17. The third-order valence-electron chi connectivity index (χ3n) is 6.29. The van der Waals surface area contributed by atoms with Crippen molar-refractivity contribution in [1.29, 1.82) is 0 Å². The number of benzene rings is 2. The summed E-state index contributed by atoms with van der Waals surface area (Å²) in [4.78, 5) is 9.75. The van der Waals surface area contributed by atoms with Gasteiger partial charge in [-0.1, -0.05) is 65.8 Å². The summed E-state index contributed by atoms with van der Waals surface area (Å²) >= 11 is 0. The zero-order valence-corrected chi connectivity index (χ0v) is 19.2. The van der Waals surface area contributed by atoms with E-state index in [0.29, 0.717) is 25.0 Å². The molecule has 2 aromatic carbocycles. The van der Waals surface area contributed by atoms with Gasteiger partial charge in [0.2, 0.25) is 11.8 Å². The van der Waals surface area contributed by atoms with E-state index in [2.05, 4.69) is 53.7 Å². The predicted molar refractivity (Wildman–Crippen MR) is 125 cm³/mol.